The van der Waals surface area contributed by atoms with Crippen molar-refractivity contribution in [3.8, 4) is 0 Å². The molecule has 2 atom stereocenters. The van der Waals surface area contributed by atoms with Gasteiger partial charge in [-0.1, -0.05) is 12.1 Å². The van der Waals surface area contributed by atoms with Crippen LogP contribution < -0.4 is 0 Å². The third-order valence-corrected chi connectivity index (χ3v) is 7.74. The van der Waals surface area contributed by atoms with Gasteiger partial charge in [-0.25, -0.2) is 4.39 Å². The Morgan fingerprint density at radius 1 is 0.946 bits per heavy atom. The summed E-state index contributed by atoms with van der Waals surface area (Å²) in [4.78, 5) is 45.2. The van der Waals surface area contributed by atoms with Gasteiger partial charge in [0.05, 0.1) is 5.56 Å². The van der Waals surface area contributed by atoms with Crippen LogP contribution in [0.25, 0.3) is 10.9 Å². The minimum atomic E-state index is -0.526. The Bertz CT molecular complexity index is 1340. The van der Waals surface area contributed by atoms with E-state index in [0.29, 0.717) is 49.2 Å². The molecule has 0 spiro atoms. The molecule has 2 saturated heterocycles. The molecule has 2 aliphatic rings. The fourth-order valence-corrected chi connectivity index (χ4v) is 5.57. The lowest BCUT2D eigenvalue weighted by molar-refractivity contribution is -0.125. The molecule has 2 fully saturated rings. The topological polar surface area (TPSA) is 65.9 Å². The molecule has 1 aromatic heterocycles. The Labute approximate surface area is 216 Å². The van der Waals surface area contributed by atoms with Gasteiger partial charge in [-0.15, -0.1) is 0 Å². The second kappa shape index (κ2) is 10.1. The SMILES string of the molecule is CC1CN(C(=O)c2cn(C)c3ccc(C(=O)C(=O)N4CCCC4)cc23)C(C)CN1Cc1ccc(F)cc1. The molecule has 8 heteroatoms. The van der Waals surface area contributed by atoms with Crippen LogP contribution in [-0.2, 0) is 18.4 Å². The Morgan fingerprint density at radius 2 is 1.65 bits per heavy atom. The molecular formula is C29H33FN4O3. The summed E-state index contributed by atoms with van der Waals surface area (Å²) >= 11 is 0. The molecule has 2 unspecified atom stereocenters. The summed E-state index contributed by atoms with van der Waals surface area (Å²) < 4.78 is 15.2. The van der Waals surface area contributed by atoms with Crippen molar-refractivity contribution in [2.75, 3.05) is 26.2 Å². The van der Waals surface area contributed by atoms with Crippen LogP contribution in [-0.4, -0.2) is 75.1 Å². The molecule has 0 N–H and O–H groups in total. The Balaban J connectivity index is 1.36. The minimum Gasteiger partial charge on any atom is -0.350 e. The lowest BCUT2D eigenvalue weighted by atomic mass is 10.0. The van der Waals surface area contributed by atoms with E-state index in [9.17, 15) is 18.8 Å². The largest absolute Gasteiger partial charge is 0.350 e. The van der Waals surface area contributed by atoms with E-state index in [1.165, 1.54) is 12.1 Å². The number of aryl methyl sites for hydroxylation is 1. The number of nitrogens with zero attached hydrogens (tertiary/aromatic N) is 4. The van der Waals surface area contributed by atoms with Gasteiger partial charge in [0.25, 0.3) is 11.8 Å². The van der Waals surface area contributed by atoms with Crippen LogP contribution in [0.4, 0.5) is 4.39 Å². The van der Waals surface area contributed by atoms with Crippen LogP contribution in [0.5, 0.6) is 0 Å². The molecule has 0 bridgehead atoms. The molecule has 2 aliphatic heterocycles. The zero-order valence-corrected chi connectivity index (χ0v) is 21.6. The van der Waals surface area contributed by atoms with Gasteiger partial charge >= 0.3 is 0 Å². The van der Waals surface area contributed by atoms with E-state index in [-0.39, 0.29) is 23.8 Å². The number of benzene rings is 2. The summed E-state index contributed by atoms with van der Waals surface area (Å²) in [7, 11) is 1.88. The molecule has 0 aliphatic carbocycles. The van der Waals surface area contributed by atoms with Crippen LogP contribution >= 0.6 is 0 Å². The third kappa shape index (κ3) is 4.90. The van der Waals surface area contributed by atoms with Gasteiger partial charge in [0, 0.05) is 74.5 Å². The van der Waals surface area contributed by atoms with E-state index in [1.54, 1.807) is 29.2 Å². The summed E-state index contributed by atoms with van der Waals surface area (Å²) in [5.41, 5.74) is 2.72. The number of ketones is 1. The van der Waals surface area contributed by atoms with E-state index in [2.05, 4.69) is 11.8 Å². The summed E-state index contributed by atoms with van der Waals surface area (Å²) in [6.07, 6.45) is 3.65. The highest BCUT2D eigenvalue weighted by Gasteiger charge is 2.34. The van der Waals surface area contributed by atoms with Crippen LogP contribution in [0.2, 0.25) is 0 Å². The van der Waals surface area contributed by atoms with Gasteiger partial charge in [0.2, 0.25) is 5.78 Å². The lowest BCUT2D eigenvalue weighted by Crippen LogP contribution is -2.57. The van der Waals surface area contributed by atoms with Gasteiger partial charge in [0.15, 0.2) is 0 Å². The number of piperazine rings is 1. The van der Waals surface area contributed by atoms with Crippen LogP contribution in [0.15, 0.2) is 48.7 Å². The fourth-order valence-electron chi connectivity index (χ4n) is 5.57. The second-order valence-corrected chi connectivity index (χ2v) is 10.4. The highest BCUT2D eigenvalue weighted by molar-refractivity contribution is 6.43. The van der Waals surface area contributed by atoms with E-state index in [4.69, 9.17) is 0 Å². The van der Waals surface area contributed by atoms with Crippen LogP contribution in [0.3, 0.4) is 0 Å². The minimum absolute atomic E-state index is 0.0269. The van der Waals surface area contributed by atoms with Crippen molar-refractivity contribution in [2.24, 2.45) is 7.05 Å². The molecular weight excluding hydrogens is 471 g/mol. The second-order valence-electron chi connectivity index (χ2n) is 10.4. The molecule has 3 heterocycles. The maximum atomic E-state index is 13.8. The number of fused-ring (bicyclic) bond motifs is 1. The first-order valence-electron chi connectivity index (χ1n) is 12.9. The molecule has 0 radical (unpaired) electrons. The van der Waals surface area contributed by atoms with Gasteiger partial charge < -0.3 is 14.4 Å². The average Bonchev–Trinajstić information content (AvgIpc) is 3.54. The Morgan fingerprint density at radius 3 is 2.35 bits per heavy atom. The molecule has 5 rings (SSSR count). The van der Waals surface area contributed by atoms with E-state index in [1.807, 2.05) is 35.7 Å². The number of carbonyl (C=O) groups is 3. The number of hydrogen-bond acceptors (Lipinski definition) is 4. The maximum absolute atomic E-state index is 13.8. The summed E-state index contributed by atoms with van der Waals surface area (Å²) in [6, 6.07) is 11.8. The van der Waals surface area contributed by atoms with Crippen molar-refractivity contribution >= 4 is 28.5 Å². The molecule has 7 nitrogen and oxygen atoms in total. The zero-order chi connectivity index (χ0) is 26.3. The van der Waals surface area contributed by atoms with E-state index >= 15 is 0 Å². The number of halogens is 1. The number of amides is 2. The standard InChI is InChI=1S/C29H33FN4O3/c1-19-16-34(20(2)15-33(19)17-21-6-9-23(30)10-7-21)28(36)25-18-31(3)26-11-8-22(14-24(25)26)27(35)29(37)32-12-4-5-13-32/h6-11,14,18-20H,4-5,12-13,15-17H2,1-3H3. The average molecular weight is 505 g/mol. The molecule has 2 aromatic carbocycles. The number of hydrogen-bond donors (Lipinski definition) is 0. The molecule has 3 aromatic rings. The number of carbonyl (C=O) groups excluding carboxylic acids is 3. The molecule has 37 heavy (non-hydrogen) atoms. The number of likely N-dealkylation sites (tertiary alicyclic amines) is 1. The lowest BCUT2D eigenvalue weighted by Gasteiger charge is -2.44. The Kier molecular flexibility index (Phi) is 6.86. The van der Waals surface area contributed by atoms with Gasteiger partial charge in [-0.05, 0) is 62.6 Å². The zero-order valence-electron chi connectivity index (χ0n) is 21.6. The van der Waals surface area contributed by atoms with Crippen molar-refractivity contribution in [1.29, 1.82) is 0 Å². The number of rotatable bonds is 5. The first-order valence-corrected chi connectivity index (χ1v) is 12.9. The monoisotopic (exact) mass is 504 g/mol. The van der Waals surface area contributed by atoms with Crippen molar-refractivity contribution in [2.45, 2.75) is 45.3 Å². The number of Topliss-reactive ketones (excluding diaryl/α,β-unsaturated/α-hetero) is 1. The van der Waals surface area contributed by atoms with E-state index in [0.717, 1.165) is 23.9 Å². The highest BCUT2D eigenvalue weighted by atomic mass is 19.1. The normalized spacial score (nSPS) is 20.5. The third-order valence-electron chi connectivity index (χ3n) is 7.74. The maximum Gasteiger partial charge on any atom is 0.294 e. The summed E-state index contributed by atoms with van der Waals surface area (Å²) in [6.45, 7) is 7.32. The van der Waals surface area contributed by atoms with Gasteiger partial charge in [-0.2, -0.15) is 0 Å². The molecule has 194 valence electrons. The van der Waals surface area contributed by atoms with Crippen molar-refractivity contribution in [3.63, 3.8) is 0 Å². The quantitative estimate of drug-likeness (QED) is 0.391. The highest BCUT2D eigenvalue weighted by Crippen LogP contribution is 2.27. The summed E-state index contributed by atoms with van der Waals surface area (Å²) in [5, 5.41) is 0.682. The fraction of sp³-hybridized carbons (Fsp3) is 0.414. The van der Waals surface area contributed by atoms with Crippen molar-refractivity contribution in [1.82, 2.24) is 19.3 Å². The predicted molar refractivity (Wildman–Crippen MR) is 140 cm³/mol. The van der Waals surface area contributed by atoms with Crippen LogP contribution in [0, 0.1) is 5.82 Å². The van der Waals surface area contributed by atoms with Gasteiger partial charge in [0.1, 0.15) is 5.82 Å². The van der Waals surface area contributed by atoms with Crippen LogP contribution in [0.1, 0.15) is 53.0 Å². The van der Waals surface area contributed by atoms with Gasteiger partial charge in [-0.3, -0.25) is 19.3 Å². The smallest absolute Gasteiger partial charge is 0.294 e. The summed E-state index contributed by atoms with van der Waals surface area (Å²) in [5.74, 6) is -1.33. The first kappa shape index (κ1) is 25.1. The predicted octanol–water partition coefficient (Wildman–Crippen LogP) is 3.86. The van der Waals surface area contributed by atoms with E-state index < -0.39 is 11.7 Å². The molecule has 0 saturated carbocycles. The Hall–Kier alpha value is -3.52. The van der Waals surface area contributed by atoms with Crippen molar-refractivity contribution in [3.05, 3.63) is 71.2 Å². The van der Waals surface area contributed by atoms with Crippen molar-refractivity contribution < 1.29 is 18.8 Å². The number of aromatic nitrogens is 1. The first-order chi connectivity index (χ1) is 17.7. The molecule has 2 amide bonds.